The van der Waals surface area contributed by atoms with E-state index in [1.54, 1.807) is 0 Å². The number of nitrogens with two attached hydrogens (primary N) is 2. The highest BCUT2D eigenvalue weighted by Crippen LogP contribution is 2.25. The minimum atomic E-state index is -0.624. The molecule has 172 valence electrons. The summed E-state index contributed by atoms with van der Waals surface area (Å²) in [4.78, 5) is 20.6. The van der Waals surface area contributed by atoms with Gasteiger partial charge in [-0.1, -0.05) is 60.7 Å². The van der Waals surface area contributed by atoms with Crippen molar-refractivity contribution in [2.24, 2.45) is 11.5 Å². The molecule has 0 unspecified atom stereocenters. The fraction of sp³-hybridized carbons (Fsp3) is 0.115. The van der Waals surface area contributed by atoms with Crippen LogP contribution in [0.15, 0.2) is 91.1 Å². The zero-order valence-electron chi connectivity index (χ0n) is 18.5. The third kappa shape index (κ3) is 6.08. The van der Waals surface area contributed by atoms with E-state index in [0.717, 1.165) is 22.6 Å². The second kappa shape index (κ2) is 10.9. The number of anilines is 3. The van der Waals surface area contributed by atoms with Crippen molar-refractivity contribution in [2.75, 3.05) is 23.8 Å². The number of ether oxygens (including phenoxy) is 1. The van der Waals surface area contributed by atoms with E-state index in [0.29, 0.717) is 24.9 Å². The molecule has 4 aromatic rings. The predicted octanol–water partition coefficient (Wildman–Crippen LogP) is 3.80. The first kappa shape index (κ1) is 22.8. The Balaban J connectivity index is 1.44. The van der Waals surface area contributed by atoms with Gasteiger partial charge in [0, 0.05) is 18.4 Å². The van der Waals surface area contributed by atoms with Crippen LogP contribution in [0.2, 0.25) is 0 Å². The molecule has 6 N–H and O–H groups in total. The fourth-order valence-corrected chi connectivity index (χ4v) is 3.29. The SMILES string of the molecule is NC(=O)c1cnc(NC[C@@H](N)COc2ccccc2)nc1Nc1cccc(-c2ccccc2)c1. The maximum Gasteiger partial charge on any atom is 0.254 e. The van der Waals surface area contributed by atoms with Crippen LogP contribution in [0.5, 0.6) is 5.75 Å². The quantitative estimate of drug-likeness (QED) is 0.287. The molecule has 0 bridgehead atoms. The summed E-state index contributed by atoms with van der Waals surface area (Å²) in [7, 11) is 0. The molecule has 0 radical (unpaired) electrons. The summed E-state index contributed by atoms with van der Waals surface area (Å²) >= 11 is 0. The molecule has 0 aliphatic heterocycles. The number of rotatable bonds is 10. The minimum absolute atomic E-state index is 0.187. The van der Waals surface area contributed by atoms with E-state index in [4.69, 9.17) is 16.2 Å². The van der Waals surface area contributed by atoms with Gasteiger partial charge in [0.25, 0.3) is 5.91 Å². The van der Waals surface area contributed by atoms with E-state index in [1.165, 1.54) is 6.20 Å². The molecule has 1 aromatic heterocycles. The lowest BCUT2D eigenvalue weighted by atomic mass is 10.1. The monoisotopic (exact) mass is 454 g/mol. The summed E-state index contributed by atoms with van der Waals surface area (Å²) in [6.45, 7) is 0.708. The van der Waals surface area contributed by atoms with Crippen molar-refractivity contribution in [2.45, 2.75) is 6.04 Å². The highest BCUT2D eigenvalue weighted by Gasteiger charge is 2.14. The van der Waals surface area contributed by atoms with Crippen LogP contribution in [0.4, 0.5) is 17.5 Å². The van der Waals surface area contributed by atoms with Crippen LogP contribution in [-0.4, -0.2) is 35.1 Å². The summed E-state index contributed by atoms with van der Waals surface area (Å²) < 4.78 is 5.68. The molecule has 1 atom stereocenters. The molecule has 3 aromatic carbocycles. The molecular weight excluding hydrogens is 428 g/mol. The number of carbonyl (C=O) groups excluding carboxylic acids is 1. The number of hydrogen-bond acceptors (Lipinski definition) is 7. The molecule has 0 saturated carbocycles. The van der Waals surface area contributed by atoms with Crippen LogP contribution in [-0.2, 0) is 0 Å². The Morgan fingerprint density at radius 1 is 0.941 bits per heavy atom. The van der Waals surface area contributed by atoms with Crippen molar-refractivity contribution in [3.63, 3.8) is 0 Å². The number of amides is 1. The largest absolute Gasteiger partial charge is 0.492 e. The predicted molar refractivity (Wildman–Crippen MR) is 134 cm³/mol. The zero-order valence-corrected chi connectivity index (χ0v) is 18.5. The van der Waals surface area contributed by atoms with Gasteiger partial charge in [-0.05, 0) is 35.4 Å². The Morgan fingerprint density at radius 3 is 2.38 bits per heavy atom. The van der Waals surface area contributed by atoms with E-state index in [9.17, 15) is 4.79 Å². The standard InChI is InChI=1S/C26H26N6O2/c27-20(17-34-22-12-5-2-6-13-22)15-29-26-30-16-23(24(28)33)25(32-26)31-21-11-7-10-19(14-21)18-8-3-1-4-9-18/h1-14,16,20H,15,17,27H2,(H2,28,33)(H2,29,30,31,32)/t20-/m1/s1. The average molecular weight is 455 g/mol. The van der Waals surface area contributed by atoms with Crippen LogP contribution in [0.25, 0.3) is 11.1 Å². The van der Waals surface area contributed by atoms with Crippen molar-refractivity contribution < 1.29 is 9.53 Å². The van der Waals surface area contributed by atoms with Gasteiger partial charge >= 0.3 is 0 Å². The van der Waals surface area contributed by atoms with Crippen LogP contribution in [0.3, 0.4) is 0 Å². The Kier molecular flexibility index (Phi) is 7.32. The van der Waals surface area contributed by atoms with E-state index in [2.05, 4.69) is 20.6 Å². The van der Waals surface area contributed by atoms with Gasteiger partial charge in [-0.3, -0.25) is 4.79 Å². The van der Waals surface area contributed by atoms with Gasteiger partial charge in [0.15, 0.2) is 0 Å². The second-order valence-electron chi connectivity index (χ2n) is 7.66. The Morgan fingerprint density at radius 2 is 1.65 bits per heavy atom. The molecule has 0 spiro atoms. The van der Waals surface area contributed by atoms with E-state index in [1.807, 2.05) is 84.9 Å². The van der Waals surface area contributed by atoms with Crippen molar-refractivity contribution in [1.82, 2.24) is 9.97 Å². The molecular formula is C26H26N6O2. The first-order valence-electron chi connectivity index (χ1n) is 10.8. The molecule has 1 amide bonds. The van der Waals surface area contributed by atoms with Crippen molar-refractivity contribution in [1.29, 1.82) is 0 Å². The van der Waals surface area contributed by atoms with Gasteiger partial charge < -0.3 is 26.8 Å². The van der Waals surface area contributed by atoms with Gasteiger partial charge in [-0.15, -0.1) is 0 Å². The maximum atomic E-state index is 11.9. The lowest BCUT2D eigenvalue weighted by Gasteiger charge is -2.15. The topological polar surface area (TPSA) is 128 Å². The highest BCUT2D eigenvalue weighted by atomic mass is 16.5. The normalized spacial score (nSPS) is 11.4. The number of nitrogens with zero attached hydrogens (tertiary/aromatic N) is 2. The summed E-state index contributed by atoms with van der Waals surface area (Å²) in [5.41, 5.74) is 14.8. The van der Waals surface area contributed by atoms with Gasteiger partial charge in [-0.25, -0.2) is 4.98 Å². The number of hydrogen-bond donors (Lipinski definition) is 4. The highest BCUT2D eigenvalue weighted by molar-refractivity contribution is 5.98. The Bertz CT molecular complexity index is 1230. The van der Waals surface area contributed by atoms with Crippen LogP contribution >= 0.6 is 0 Å². The average Bonchev–Trinajstić information content (AvgIpc) is 2.87. The van der Waals surface area contributed by atoms with Gasteiger partial charge in [0.05, 0.1) is 6.04 Å². The molecule has 0 aliphatic rings. The summed E-state index contributed by atoms with van der Waals surface area (Å²) in [6, 6.07) is 27.0. The van der Waals surface area contributed by atoms with E-state index < -0.39 is 5.91 Å². The number of carbonyl (C=O) groups is 1. The van der Waals surface area contributed by atoms with Crippen LogP contribution in [0.1, 0.15) is 10.4 Å². The summed E-state index contributed by atoms with van der Waals surface area (Å²) in [6.07, 6.45) is 1.40. The number of nitrogens with one attached hydrogen (secondary N) is 2. The Hall–Kier alpha value is -4.43. The first-order chi connectivity index (χ1) is 16.6. The molecule has 0 saturated heterocycles. The fourth-order valence-electron chi connectivity index (χ4n) is 3.29. The number of aromatic nitrogens is 2. The lowest BCUT2D eigenvalue weighted by Crippen LogP contribution is -2.35. The summed E-state index contributed by atoms with van der Waals surface area (Å²) in [5.74, 6) is 0.761. The van der Waals surface area contributed by atoms with Gasteiger partial charge in [-0.2, -0.15) is 4.98 Å². The molecule has 1 heterocycles. The maximum absolute atomic E-state index is 11.9. The van der Waals surface area contributed by atoms with Crippen LogP contribution < -0.4 is 26.8 Å². The van der Waals surface area contributed by atoms with Crippen molar-refractivity contribution in [3.8, 4) is 16.9 Å². The molecule has 0 aliphatic carbocycles. The number of benzene rings is 3. The molecule has 8 nitrogen and oxygen atoms in total. The summed E-state index contributed by atoms with van der Waals surface area (Å²) in [5, 5.41) is 6.28. The second-order valence-corrected chi connectivity index (χ2v) is 7.66. The molecule has 8 heteroatoms. The molecule has 4 rings (SSSR count). The van der Waals surface area contributed by atoms with E-state index >= 15 is 0 Å². The third-order valence-corrected chi connectivity index (χ3v) is 5.02. The smallest absolute Gasteiger partial charge is 0.254 e. The molecule has 0 fully saturated rings. The van der Waals surface area contributed by atoms with Crippen molar-refractivity contribution >= 4 is 23.4 Å². The van der Waals surface area contributed by atoms with Crippen LogP contribution in [0, 0.1) is 0 Å². The minimum Gasteiger partial charge on any atom is -0.492 e. The first-order valence-corrected chi connectivity index (χ1v) is 10.8. The third-order valence-electron chi connectivity index (χ3n) is 5.02. The lowest BCUT2D eigenvalue weighted by molar-refractivity contribution is 0.100. The Labute approximate surface area is 198 Å². The van der Waals surface area contributed by atoms with Crippen molar-refractivity contribution in [3.05, 3.63) is 96.7 Å². The van der Waals surface area contributed by atoms with E-state index in [-0.39, 0.29) is 11.6 Å². The number of primary amides is 1. The number of para-hydroxylation sites is 1. The zero-order chi connectivity index (χ0) is 23.8. The molecule has 34 heavy (non-hydrogen) atoms. The van der Waals surface area contributed by atoms with Gasteiger partial charge in [0.2, 0.25) is 5.95 Å². The van der Waals surface area contributed by atoms with Gasteiger partial charge in [0.1, 0.15) is 23.7 Å².